The van der Waals surface area contributed by atoms with Gasteiger partial charge in [0.2, 0.25) is 0 Å². The lowest BCUT2D eigenvalue weighted by Gasteiger charge is -2.35. The van der Waals surface area contributed by atoms with Gasteiger partial charge >= 0.3 is 0 Å². The van der Waals surface area contributed by atoms with Crippen LogP contribution in [0.15, 0.2) is 42.5 Å². The van der Waals surface area contributed by atoms with Crippen molar-refractivity contribution in [2.24, 2.45) is 0 Å². The molecule has 168 valence electrons. The highest BCUT2D eigenvalue weighted by atomic mass is 35.5. The van der Waals surface area contributed by atoms with Gasteiger partial charge in [0.25, 0.3) is 5.91 Å². The molecule has 0 aromatic heterocycles. The van der Waals surface area contributed by atoms with E-state index in [0.717, 1.165) is 31.6 Å². The van der Waals surface area contributed by atoms with Crippen LogP contribution in [-0.2, 0) is 11.3 Å². The van der Waals surface area contributed by atoms with Crippen LogP contribution in [0.25, 0.3) is 0 Å². The minimum atomic E-state index is -0.119. The molecule has 0 radical (unpaired) electrons. The van der Waals surface area contributed by atoms with E-state index in [-0.39, 0.29) is 18.1 Å². The first-order chi connectivity index (χ1) is 14.9. The van der Waals surface area contributed by atoms with E-state index in [4.69, 9.17) is 25.8 Å². The number of nitrogens with one attached hydrogen (secondary N) is 1. The molecular formula is C24H31ClN2O4. The third kappa shape index (κ3) is 7.13. The number of carbonyl (C=O) groups excluding carboxylic acids is 1. The van der Waals surface area contributed by atoms with Crippen molar-refractivity contribution in [1.82, 2.24) is 10.2 Å². The molecule has 1 heterocycles. The third-order valence-electron chi connectivity index (χ3n) is 5.17. The highest BCUT2D eigenvalue weighted by molar-refractivity contribution is 6.30. The number of ether oxygens (including phenoxy) is 3. The normalized spacial score (nSPS) is 19.1. The second-order valence-corrected chi connectivity index (χ2v) is 8.34. The number of hydrogen-bond donors (Lipinski definition) is 1. The van der Waals surface area contributed by atoms with Gasteiger partial charge in [-0.25, -0.2) is 0 Å². The summed E-state index contributed by atoms with van der Waals surface area (Å²) in [7, 11) is 1.57. The summed E-state index contributed by atoms with van der Waals surface area (Å²) in [5.74, 6) is 0.994. The molecule has 2 atom stereocenters. The molecule has 2 aromatic carbocycles. The molecule has 0 saturated carbocycles. The minimum absolute atomic E-state index is 0.119. The third-order valence-corrected chi connectivity index (χ3v) is 5.42. The summed E-state index contributed by atoms with van der Waals surface area (Å²) >= 11 is 5.91. The zero-order chi connectivity index (χ0) is 22.2. The van der Waals surface area contributed by atoms with Crippen molar-refractivity contribution in [3.63, 3.8) is 0 Å². The molecule has 1 saturated heterocycles. The fraction of sp³-hybridized carbons (Fsp3) is 0.458. The number of halogens is 1. The number of methoxy groups -OCH3 is 1. The van der Waals surface area contributed by atoms with Gasteiger partial charge in [-0.2, -0.15) is 0 Å². The number of benzene rings is 2. The lowest BCUT2D eigenvalue weighted by atomic mass is 10.1. The largest absolute Gasteiger partial charge is 0.493 e. The zero-order valence-corrected chi connectivity index (χ0v) is 19.2. The van der Waals surface area contributed by atoms with Crippen molar-refractivity contribution in [2.45, 2.75) is 39.1 Å². The molecule has 1 amide bonds. The van der Waals surface area contributed by atoms with Gasteiger partial charge in [-0.05, 0) is 56.2 Å². The Bertz CT molecular complexity index is 849. The van der Waals surface area contributed by atoms with Gasteiger partial charge in [-0.15, -0.1) is 0 Å². The van der Waals surface area contributed by atoms with Gasteiger partial charge in [0.15, 0.2) is 11.5 Å². The molecule has 1 N–H and O–H groups in total. The Labute approximate surface area is 189 Å². The van der Waals surface area contributed by atoms with Gasteiger partial charge in [-0.1, -0.05) is 23.7 Å². The molecule has 0 aliphatic carbocycles. The first-order valence-corrected chi connectivity index (χ1v) is 11.0. The SMILES string of the molecule is COc1cc(C(=O)NCCCN2C[C@H](C)O[C@@H](C)C2)ccc1OCc1ccc(Cl)cc1. The maximum Gasteiger partial charge on any atom is 0.251 e. The van der Waals surface area contributed by atoms with Crippen molar-refractivity contribution in [3.05, 3.63) is 58.6 Å². The first kappa shape index (κ1) is 23.4. The van der Waals surface area contributed by atoms with Crippen molar-refractivity contribution in [1.29, 1.82) is 0 Å². The highest BCUT2D eigenvalue weighted by Crippen LogP contribution is 2.29. The summed E-state index contributed by atoms with van der Waals surface area (Å²) in [4.78, 5) is 14.9. The average molecular weight is 447 g/mol. The van der Waals surface area contributed by atoms with E-state index in [1.807, 2.05) is 24.3 Å². The van der Waals surface area contributed by atoms with Crippen LogP contribution in [0.1, 0.15) is 36.2 Å². The number of morpholine rings is 1. The van der Waals surface area contributed by atoms with Crippen LogP contribution in [-0.4, -0.2) is 56.3 Å². The molecule has 2 aromatic rings. The van der Waals surface area contributed by atoms with E-state index in [1.54, 1.807) is 25.3 Å². The number of hydrogen-bond acceptors (Lipinski definition) is 5. The molecular weight excluding hydrogens is 416 g/mol. The van der Waals surface area contributed by atoms with Crippen LogP contribution >= 0.6 is 11.6 Å². The van der Waals surface area contributed by atoms with Crippen molar-refractivity contribution >= 4 is 17.5 Å². The molecule has 0 spiro atoms. The highest BCUT2D eigenvalue weighted by Gasteiger charge is 2.21. The van der Waals surface area contributed by atoms with Crippen LogP contribution < -0.4 is 14.8 Å². The van der Waals surface area contributed by atoms with Crippen LogP contribution in [0.3, 0.4) is 0 Å². The summed E-state index contributed by atoms with van der Waals surface area (Å²) in [6.45, 7) is 8.02. The van der Waals surface area contributed by atoms with Crippen molar-refractivity contribution in [3.8, 4) is 11.5 Å². The van der Waals surface area contributed by atoms with E-state index < -0.39 is 0 Å². The topological polar surface area (TPSA) is 60.0 Å². The molecule has 0 unspecified atom stereocenters. The number of nitrogens with zero attached hydrogens (tertiary/aromatic N) is 1. The van der Waals surface area contributed by atoms with Gasteiger partial charge in [0, 0.05) is 36.8 Å². The van der Waals surface area contributed by atoms with Gasteiger partial charge in [0.05, 0.1) is 19.3 Å². The fourth-order valence-corrected chi connectivity index (χ4v) is 3.87. The Hall–Kier alpha value is -2.28. The lowest BCUT2D eigenvalue weighted by molar-refractivity contribution is -0.0679. The minimum Gasteiger partial charge on any atom is -0.493 e. The standard InChI is InChI=1S/C24H31ClN2O4/c1-17-14-27(15-18(2)31-17)12-4-11-26-24(28)20-7-10-22(23(13-20)29-3)30-16-19-5-8-21(25)9-6-19/h5-10,13,17-18H,4,11-12,14-16H2,1-3H3,(H,26,28)/t17-,18-/m0/s1. The predicted molar refractivity (Wildman–Crippen MR) is 122 cm³/mol. The molecule has 0 bridgehead atoms. The van der Waals surface area contributed by atoms with Gasteiger partial charge in [0.1, 0.15) is 6.61 Å². The fourth-order valence-electron chi connectivity index (χ4n) is 3.74. The summed E-state index contributed by atoms with van der Waals surface area (Å²) in [5.41, 5.74) is 1.54. The Kier molecular flexibility index (Phi) is 8.58. The van der Waals surface area contributed by atoms with Crippen LogP contribution in [0.5, 0.6) is 11.5 Å². The maximum atomic E-state index is 12.5. The van der Waals surface area contributed by atoms with E-state index >= 15 is 0 Å². The quantitative estimate of drug-likeness (QED) is 0.586. The number of rotatable bonds is 9. The number of amides is 1. The van der Waals surface area contributed by atoms with E-state index in [0.29, 0.717) is 35.2 Å². The second-order valence-electron chi connectivity index (χ2n) is 7.91. The van der Waals surface area contributed by atoms with Crippen molar-refractivity contribution < 1.29 is 19.0 Å². The van der Waals surface area contributed by atoms with Crippen molar-refractivity contribution in [2.75, 3.05) is 33.3 Å². The van der Waals surface area contributed by atoms with Crippen LogP contribution in [0.2, 0.25) is 5.02 Å². The summed E-state index contributed by atoms with van der Waals surface area (Å²) in [5, 5.41) is 3.68. The summed E-state index contributed by atoms with van der Waals surface area (Å²) in [6, 6.07) is 12.7. The lowest BCUT2D eigenvalue weighted by Crippen LogP contribution is -2.46. The Morgan fingerprint density at radius 3 is 2.52 bits per heavy atom. The number of carbonyl (C=O) groups is 1. The molecule has 6 nitrogen and oxygen atoms in total. The summed E-state index contributed by atoms with van der Waals surface area (Å²) in [6.07, 6.45) is 1.40. The Morgan fingerprint density at radius 1 is 1.13 bits per heavy atom. The molecule has 7 heteroatoms. The van der Waals surface area contributed by atoms with Crippen LogP contribution in [0.4, 0.5) is 0 Å². The Balaban J connectivity index is 1.47. The average Bonchev–Trinajstić information content (AvgIpc) is 2.75. The first-order valence-electron chi connectivity index (χ1n) is 10.7. The molecule has 3 rings (SSSR count). The molecule has 1 fully saturated rings. The van der Waals surface area contributed by atoms with Crippen LogP contribution in [0, 0.1) is 0 Å². The molecule has 1 aliphatic rings. The molecule has 31 heavy (non-hydrogen) atoms. The van der Waals surface area contributed by atoms with Gasteiger partial charge in [-0.3, -0.25) is 9.69 Å². The van der Waals surface area contributed by atoms with Gasteiger partial charge < -0.3 is 19.5 Å². The van der Waals surface area contributed by atoms with E-state index in [2.05, 4.69) is 24.1 Å². The molecule has 1 aliphatic heterocycles. The smallest absolute Gasteiger partial charge is 0.251 e. The predicted octanol–water partition coefficient (Wildman–Crippen LogP) is 4.16. The second kappa shape index (κ2) is 11.4. The van der Waals surface area contributed by atoms with E-state index in [1.165, 1.54) is 0 Å². The monoisotopic (exact) mass is 446 g/mol. The summed E-state index contributed by atoms with van der Waals surface area (Å²) < 4.78 is 17.0. The maximum absolute atomic E-state index is 12.5. The Morgan fingerprint density at radius 2 is 1.84 bits per heavy atom. The zero-order valence-electron chi connectivity index (χ0n) is 18.4. The van der Waals surface area contributed by atoms with E-state index in [9.17, 15) is 4.79 Å².